The normalized spacial score (nSPS) is 19.8. The van der Waals surface area contributed by atoms with Crippen LogP contribution in [-0.2, 0) is 20.7 Å². The summed E-state index contributed by atoms with van der Waals surface area (Å²) in [4.78, 5) is 23.3. The highest BCUT2D eigenvalue weighted by molar-refractivity contribution is 5.85. The van der Waals surface area contributed by atoms with Crippen molar-refractivity contribution in [1.82, 2.24) is 5.32 Å². The van der Waals surface area contributed by atoms with Crippen LogP contribution >= 0.6 is 0 Å². The Labute approximate surface area is 122 Å². The van der Waals surface area contributed by atoms with Gasteiger partial charge in [-0.15, -0.1) is 0 Å². The molecule has 0 aromatic heterocycles. The average molecular weight is 295 g/mol. The Morgan fingerprint density at radius 1 is 1.38 bits per heavy atom. The molecule has 0 spiro atoms. The zero-order valence-corrected chi connectivity index (χ0v) is 11.5. The number of hydrogen-bond acceptors (Lipinski definition) is 3. The van der Waals surface area contributed by atoms with E-state index in [4.69, 9.17) is 4.74 Å². The van der Waals surface area contributed by atoms with Crippen LogP contribution in [0.3, 0.4) is 0 Å². The van der Waals surface area contributed by atoms with Crippen molar-refractivity contribution in [2.24, 2.45) is 5.92 Å². The Balaban J connectivity index is 1.94. The summed E-state index contributed by atoms with van der Waals surface area (Å²) in [6, 6.07) is 4.61. The van der Waals surface area contributed by atoms with Crippen molar-refractivity contribution in [3.05, 3.63) is 35.6 Å². The van der Waals surface area contributed by atoms with Crippen LogP contribution in [0.2, 0.25) is 0 Å². The summed E-state index contributed by atoms with van der Waals surface area (Å²) < 4.78 is 18.1. The summed E-state index contributed by atoms with van der Waals surface area (Å²) in [5, 5.41) is 11.8. The van der Waals surface area contributed by atoms with Gasteiger partial charge in [-0.1, -0.05) is 12.1 Å². The van der Waals surface area contributed by atoms with Gasteiger partial charge >= 0.3 is 5.97 Å². The lowest BCUT2D eigenvalue weighted by atomic mass is 9.93. The third-order valence-corrected chi connectivity index (χ3v) is 3.53. The second kappa shape index (κ2) is 7.17. The van der Waals surface area contributed by atoms with Gasteiger partial charge in [0.1, 0.15) is 11.9 Å². The molecule has 1 heterocycles. The number of amides is 1. The molecule has 0 saturated carbocycles. The molecule has 1 aliphatic heterocycles. The van der Waals surface area contributed by atoms with Crippen molar-refractivity contribution in [3.8, 4) is 0 Å². The Morgan fingerprint density at radius 3 is 2.67 bits per heavy atom. The maximum atomic E-state index is 12.8. The Hall–Kier alpha value is -1.95. The number of carbonyl (C=O) groups is 2. The maximum Gasteiger partial charge on any atom is 0.326 e. The van der Waals surface area contributed by atoms with Crippen molar-refractivity contribution in [2.75, 3.05) is 13.2 Å². The van der Waals surface area contributed by atoms with Gasteiger partial charge in [-0.25, -0.2) is 9.18 Å². The van der Waals surface area contributed by atoms with Crippen molar-refractivity contribution >= 4 is 11.9 Å². The molecule has 0 bridgehead atoms. The van der Waals surface area contributed by atoms with Crippen LogP contribution in [0.1, 0.15) is 18.4 Å². The van der Waals surface area contributed by atoms with Crippen LogP contribution in [0.25, 0.3) is 0 Å². The predicted molar refractivity (Wildman–Crippen MR) is 73.2 cm³/mol. The van der Waals surface area contributed by atoms with E-state index in [9.17, 15) is 19.1 Å². The molecule has 2 N–H and O–H groups in total. The lowest BCUT2D eigenvalue weighted by Crippen LogP contribution is -2.48. The van der Waals surface area contributed by atoms with Gasteiger partial charge < -0.3 is 15.2 Å². The molecule has 1 aromatic carbocycles. The number of carboxylic acid groups (broad SMARTS) is 1. The number of carbonyl (C=O) groups excluding carboxylic acids is 1. The highest BCUT2D eigenvalue weighted by Gasteiger charge is 2.31. The molecule has 2 rings (SSSR count). The summed E-state index contributed by atoms with van der Waals surface area (Å²) in [5.74, 6) is -2.03. The molecule has 1 amide bonds. The number of nitrogens with one attached hydrogen (secondary N) is 1. The number of benzene rings is 1. The summed E-state index contributed by atoms with van der Waals surface area (Å²) in [7, 11) is 0. The van der Waals surface area contributed by atoms with Crippen LogP contribution in [-0.4, -0.2) is 36.2 Å². The third kappa shape index (κ3) is 4.53. The molecule has 2 unspecified atom stereocenters. The highest BCUT2D eigenvalue weighted by atomic mass is 19.1. The summed E-state index contributed by atoms with van der Waals surface area (Å²) >= 11 is 0. The minimum absolute atomic E-state index is 0.0254. The molecule has 0 radical (unpaired) electrons. The number of halogens is 1. The number of aliphatic carboxylic acids is 1. The standard InChI is InChI=1S/C15H18FNO4/c16-12-5-3-10(4-6-12)8-13(18)17-14(15(19)20)11-2-1-7-21-9-11/h3-6,11,14H,1-2,7-9H2,(H,17,18)(H,19,20). The highest BCUT2D eigenvalue weighted by Crippen LogP contribution is 2.18. The van der Waals surface area contributed by atoms with E-state index in [0.29, 0.717) is 25.2 Å². The van der Waals surface area contributed by atoms with Gasteiger partial charge in [0.05, 0.1) is 13.0 Å². The van der Waals surface area contributed by atoms with Gasteiger partial charge in [0, 0.05) is 12.5 Å². The second-order valence-corrected chi connectivity index (χ2v) is 5.16. The number of rotatable bonds is 5. The van der Waals surface area contributed by atoms with Crippen LogP contribution in [0.5, 0.6) is 0 Å². The Morgan fingerprint density at radius 2 is 2.10 bits per heavy atom. The fourth-order valence-corrected chi connectivity index (χ4v) is 2.42. The van der Waals surface area contributed by atoms with Gasteiger partial charge in [-0.05, 0) is 30.5 Å². The van der Waals surface area contributed by atoms with E-state index < -0.39 is 12.0 Å². The first-order chi connectivity index (χ1) is 10.1. The van der Waals surface area contributed by atoms with Crippen molar-refractivity contribution in [1.29, 1.82) is 0 Å². The first-order valence-corrected chi connectivity index (χ1v) is 6.90. The Bertz CT molecular complexity index is 497. The lowest BCUT2D eigenvalue weighted by molar-refractivity contribution is -0.145. The smallest absolute Gasteiger partial charge is 0.326 e. The average Bonchev–Trinajstić information content (AvgIpc) is 2.48. The third-order valence-electron chi connectivity index (χ3n) is 3.53. The molecule has 6 heteroatoms. The minimum atomic E-state index is -1.06. The van der Waals surface area contributed by atoms with Crippen molar-refractivity contribution < 1.29 is 23.8 Å². The van der Waals surface area contributed by atoms with Crippen molar-refractivity contribution in [2.45, 2.75) is 25.3 Å². The zero-order valence-electron chi connectivity index (χ0n) is 11.5. The van der Waals surface area contributed by atoms with E-state index in [1.807, 2.05) is 0 Å². The van der Waals surface area contributed by atoms with E-state index in [-0.39, 0.29) is 24.1 Å². The second-order valence-electron chi connectivity index (χ2n) is 5.16. The number of ether oxygens (including phenoxy) is 1. The van der Waals surface area contributed by atoms with E-state index in [2.05, 4.69) is 5.32 Å². The molecular weight excluding hydrogens is 277 g/mol. The fourth-order valence-electron chi connectivity index (χ4n) is 2.42. The quantitative estimate of drug-likeness (QED) is 0.860. The summed E-state index contributed by atoms with van der Waals surface area (Å²) in [6.45, 7) is 0.972. The van der Waals surface area contributed by atoms with Crippen LogP contribution in [0, 0.1) is 11.7 Å². The van der Waals surface area contributed by atoms with Crippen LogP contribution < -0.4 is 5.32 Å². The van der Waals surface area contributed by atoms with Gasteiger partial charge in [0.25, 0.3) is 0 Å². The van der Waals surface area contributed by atoms with Gasteiger partial charge in [-0.3, -0.25) is 4.79 Å². The van der Waals surface area contributed by atoms with Crippen molar-refractivity contribution in [3.63, 3.8) is 0 Å². The number of carboxylic acids is 1. The molecule has 5 nitrogen and oxygen atoms in total. The van der Waals surface area contributed by atoms with E-state index in [1.165, 1.54) is 24.3 Å². The minimum Gasteiger partial charge on any atom is -0.480 e. The van der Waals surface area contributed by atoms with Gasteiger partial charge in [0.15, 0.2) is 0 Å². The summed E-state index contributed by atoms with van der Waals surface area (Å²) in [6.07, 6.45) is 1.54. The predicted octanol–water partition coefficient (Wildman–Crippen LogP) is 1.36. The molecule has 1 saturated heterocycles. The fraction of sp³-hybridized carbons (Fsp3) is 0.467. The largest absolute Gasteiger partial charge is 0.480 e. The molecule has 1 fully saturated rings. The maximum absolute atomic E-state index is 12.8. The topological polar surface area (TPSA) is 75.6 Å². The molecule has 1 aliphatic rings. The van der Waals surface area contributed by atoms with E-state index in [0.717, 1.165) is 6.42 Å². The van der Waals surface area contributed by atoms with Crippen LogP contribution in [0.4, 0.5) is 4.39 Å². The summed E-state index contributed by atoms with van der Waals surface area (Å²) in [5.41, 5.74) is 0.637. The zero-order chi connectivity index (χ0) is 15.2. The van der Waals surface area contributed by atoms with E-state index >= 15 is 0 Å². The SMILES string of the molecule is O=C(Cc1ccc(F)cc1)NC(C(=O)O)C1CCCOC1. The molecular formula is C15H18FNO4. The molecule has 21 heavy (non-hydrogen) atoms. The first kappa shape index (κ1) is 15.4. The molecule has 114 valence electrons. The van der Waals surface area contributed by atoms with Gasteiger partial charge in [-0.2, -0.15) is 0 Å². The monoisotopic (exact) mass is 295 g/mol. The van der Waals surface area contributed by atoms with Crippen LogP contribution in [0.15, 0.2) is 24.3 Å². The molecule has 2 atom stereocenters. The van der Waals surface area contributed by atoms with E-state index in [1.54, 1.807) is 0 Å². The lowest BCUT2D eigenvalue weighted by Gasteiger charge is -2.28. The molecule has 1 aromatic rings. The number of hydrogen-bond donors (Lipinski definition) is 2. The van der Waals surface area contributed by atoms with Gasteiger partial charge in [0.2, 0.25) is 5.91 Å². The first-order valence-electron chi connectivity index (χ1n) is 6.90. The molecule has 0 aliphatic carbocycles. The Kier molecular flexibility index (Phi) is 5.27.